The Hall–Kier alpha value is -0.260. The third kappa shape index (κ3) is 3.36. The number of thioether (sulfide) groups is 1. The van der Waals surface area contributed by atoms with E-state index in [-0.39, 0.29) is 6.04 Å². The zero-order chi connectivity index (χ0) is 11.4. The van der Waals surface area contributed by atoms with Crippen LogP contribution in [-0.2, 0) is 0 Å². The van der Waals surface area contributed by atoms with Gasteiger partial charge in [0.15, 0.2) is 5.13 Å². The minimum Gasteiger partial charge on any atom is -0.348 e. The van der Waals surface area contributed by atoms with Crippen LogP contribution in [0.4, 0.5) is 5.13 Å². The van der Waals surface area contributed by atoms with Crippen LogP contribution in [0.25, 0.3) is 0 Å². The molecule has 5 heteroatoms. The molecule has 0 spiro atoms. The standard InChI is InChI=1S/C10H19N3S2/c1-7(5-14-4)13(3)10-12-9(6-15-10)8(2)11/h6-8H,5,11H2,1-4H3. The minimum atomic E-state index is 0.0271. The van der Waals surface area contributed by atoms with Gasteiger partial charge in [-0.1, -0.05) is 0 Å². The molecule has 1 heterocycles. The van der Waals surface area contributed by atoms with Crippen LogP contribution in [0.5, 0.6) is 0 Å². The highest BCUT2D eigenvalue weighted by Gasteiger charge is 2.14. The molecule has 1 aromatic heterocycles. The second kappa shape index (κ2) is 5.72. The van der Waals surface area contributed by atoms with Crippen LogP contribution >= 0.6 is 23.1 Å². The number of anilines is 1. The van der Waals surface area contributed by atoms with E-state index in [1.807, 2.05) is 24.1 Å². The SMILES string of the molecule is CSCC(C)N(C)c1nc(C(C)N)cs1. The van der Waals surface area contributed by atoms with Gasteiger partial charge in [-0.25, -0.2) is 4.98 Å². The van der Waals surface area contributed by atoms with Gasteiger partial charge in [0, 0.05) is 30.3 Å². The predicted octanol–water partition coefficient (Wildman–Crippen LogP) is 2.35. The second-order valence-corrected chi connectivity index (χ2v) is 5.51. The Morgan fingerprint density at radius 2 is 2.27 bits per heavy atom. The van der Waals surface area contributed by atoms with Crippen LogP contribution in [0.15, 0.2) is 5.38 Å². The van der Waals surface area contributed by atoms with Crippen LogP contribution in [0.1, 0.15) is 25.6 Å². The van der Waals surface area contributed by atoms with E-state index in [0.29, 0.717) is 6.04 Å². The number of hydrogen-bond acceptors (Lipinski definition) is 5. The first-order valence-corrected chi connectivity index (χ1v) is 7.26. The van der Waals surface area contributed by atoms with E-state index in [1.165, 1.54) is 0 Å². The number of hydrogen-bond donors (Lipinski definition) is 1. The Labute approximate surface area is 100 Å². The smallest absolute Gasteiger partial charge is 0.185 e. The summed E-state index contributed by atoms with van der Waals surface area (Å²) in [7, 11) is 2.09. The third-order valence-corrected chi connectivity index (χ3v) is 4.11. The average molecular weight is 245 g/mol. The molecule has 0 aliphatic heterocycles. The van der Waals surface area contributed by atoms with Crippen molar-refractivity contribution in [2.45, 2.75) is 25.9 Å². The lowest BCUT2D eigenvalue weighted by atomic mass is 10.3. The van der Waals surface area contributed by atoms with Crippen molar-refractivity contribution in [3.05, 3.63) is 11.1 Å². The van der Waals surface area contributed by atoms with E-state index in [2.05, 4.69) is 30.1 Å². The highest BCUT2D eigenvalue weighted by molar-refractivity contribution is 7.98. The predicted molar refractivity (Wildman–Crippen MR) is 71.0 cm³/mol. The van der Waals surface area contributed by atoms with Crippen molar-refractivity contribution in [2.24, 2.45) is 5.73 Å². The molecule has 3 nitrogen and oxygen atoms in total. The Balaban J connectivity index is 2.69. The zero-order valence-corrected chi connectivity index (χ0v) is 11.4. The van der Waals surface area contributed by atoms with E-state index >= 15 is 0 Å². The first-order valence-electron chi connectivity index (χ1n) is 4.99. The molecule has 1 rings (SSSR count). The summed E-state index contributed by atoms with van der Waals surface area (Å²) in [6.07, 6.45) is 2.12. The molecule has 0 saturated carbocycles. The second-order valence-electron chi connectivity index (χ2n) is 3.76. The van der Waals surface area contributed by atoms with Gasteiger partial charge in [0.2, 0.25) is 0 Å². The van der Waals surface area contributed by atoms with Crippen LogP contribution in [0.3, 0.4) is 0 Å². The van der Waals surface area contributed by atoms with E-state index in [9.17, 15) is 0 Å². The van der Waals surface area contributed by atoms with Crippen LogP contribution in [-0.4, -0.2) is 30.1 Å². The van der Waals surface area contributed by atoms with E-state index in [1.54, 1.807) is 11.3 Å². The molecule has 0 aliphatic carbocycles. The summed E-state index contributed by atoms with van der Waals surface area (Å²) in [5, 5.41) is 3.10. The van der Waals surface area contributed by atoms with Crippen molar-refractivity contribution in [1.82, 2.24) is 4.98 Å². The van der Waals surface area contributed by atoms with Crippen LogP contribution in [0.2, 0.25) is 0 Å². The molecule has 2 unspecified atom stereocenters. The fourth-order valence-corrected chi connectivity index (χ4v) is 2.89. The lowest BCUT2D eigenvalue weighted by molar-refractivity contribution is 0.746. The van der Waals surface area contributed by atoms with Crippen molar-refractivity contribution < 1.29 is 0 Å². The van der Waals surface area contributed by atoms with Gasteiger partial charge in [-0.3, -0.25) is 0 Å². The normalized spacial score (nSPS) is 15.0. The molecule has 0 aromatic carbocycles. The fourth-order valence-electron chi connectivity index (χ4n) is 1.19. The fraction of sp³-hybridized carbons (Fsp3) is 0.700. The van der Waals surface area contributed by atoms with Gasteiger partial charge >= 0.3 is 0 Å². The molecule has 1 aromatic rings. The third-order valence-electron chi connectivity index (χ3n) is 2.35. The Bertz CT molecular complexity index is 299. The number of nitrogens with two attached hydrogens (primary N) is 1. The van der Waals surface area contributed by atoms with Crippen molar-refractivity contribution >= 4 is 28.2 Å². The molecule has 0 bridgehead atoms. The lowest BCUT2D eigenvalue weighted by Crippen LogP contribution is -2.30. The van der Waals surface area contributed by atoms with E-state index in [0.717, 1.165) is 16.6 Å². The first kappa shape index (κ1) is 12.8. The summed E-state index contributed by atoms with van der Waals surface area (Å²) < 4.78 is 0. The van der Waals surface area contributed by atoms with Crippen molar-refractivity contribution in [2.75, 3.05) is 24.0 Å². The summed E-state index contributed by atoms with van der Waals surface area (Å²) in [5.41, 5.74) is 6.77. The van der Waals surface area contributed by atoms with Gasteiger partial charge in [0.1, 0.15) is 0 Å². The molecular formula is C10H19N3S2. The molecule has 2 atom stereocenters. The molecule has 0 radical (unpaired) electrons. The highest BCUT2D eigenvalue weighted by atomic mass is 32.2. The lowest BCUT2D eigenvalue weighted by Gasteiger charge is -2.23. The zero-order valence-electron chi connectivity index (χ0n) is 9.73. The molecule has 15 heavy (non-hydrogen) atoms. The van der Waals surface area contributed by atoms with Crippen molar-refractivity contribution in [3.8, 4) is 0 Å². The summed E-state index contributed by atoms with van der Waals surface area (Å²) in [6, 6.07) is 0.534. The summed E-state index contributed by atoms with van der Waals surface area (Å²) >= 11 is 3.52. The molecule has 0 saturated heterocycles. The Kier molecular flexibility index (Phi) is 4.89. The Morgan fingerprint density at radius 1 is 1.60 bits per heavy atom. The maximum atomic E-state index is 5.78. The van der Waals surface area contributed by atoms with Gasteiger partial charge in [-0.05, 0) is 20.1 Å². The Morgan fingerprint density at radius 3 is 2.73 bits per heavy atom. The van der Waals surface area contributed by atoms with Crippen LogP contribution < -0.4 is 10.6 Å². The van der Waals surface area contributed by atoms with Gasteiger partial charge in [0.25, 0.3) is 0 Å². The first-order chi connectivity index (χ1) is 7.06. The quantitative estimate of drug-likeness (QED) is 0.864. The largest absolute Gasteiger partial charge is 0.348 e. The van der Waals surface area contributed by atoms with Gasteiger partial charge in [-0.15, -0.1) is 11.3 Å². The summed E-state index contributed by atoms with van der Waals surface area (Å²) in [6.45, 7) is 4.17. The van der Waals surface area contributed by atoms with Gasteiger partial charge in [-0.2, -0.15) is 11.8 Å². The van der Waals surface area contributed by atoms with Crippen LogP contribution in [0, 0.1) is 0 Å². The molecule has 0 aliphatic rings. The number of aromatic nitrogens is 1. The van der Waals surface area contributed by atoms with E-state index in [4.69, 9.17) is 5.73 Å². The maximum Gasteiger partial charge on any atom is 0.185 e. The van der Waals surface area contributed by atoms with Gasteiger partial charge in [0.05, 0.1) is 5.69 Å². The highest BCUT2D eigenvalue weighted by Crippen LogP contribution is 2.24. The topological polar surface area (TPSA) is 42.2 Å². The monoisotopic (exact) mass is 245 g/mol. The number of thiazole rings is 1. The van der Waals surface area contributed by atoms with Crippen molar-refractivity contribution in [3.63, 3.8) is 0 Å². The number of nitrogens with zero attached hydrogens (tertiary/aromatic N) is 2. The molecular weight excluding hydrogens is 226 g/mol. The average Bonchev–Trinajstić information content (AvgIpc) is 2.65. The molecule has 0 amide bonds. The number of rotatable bonds is 5. The van der Waals surface area contributed by atoms with Gasteiger partial charge < -0.3 is 10.6 Å². The summed E-state index contributed by atoms with van der Waals surface area (Å²) in [5.74, 6) is 1.11. The molecule has 86 valence electrons. The summed E-state index contributed by atoms with van der Waals surface area (Å²) in [4.78, 5) is 6.74. The molecule has 2 N–H and O–H groups in total. The molecule has 0 fully saturated rings. The van der Waals surface area contributed by atoms with E-state index < -0.39 is 0 Å². The minimum absolute atomic E-state index is 0.0271. The van der Waals surface area contributed by atoms with Crippen molar-refractivity contribution in [1.29, 1.82) is 0 Å². The maximum absolute atomic E-state index is 5.78.